The van der Waals surface area contributed by atoms with Crippen molar-refractivity contribution < 1.29 is 14.7 Å². The second kappa shape index (κ2) is 5.12. The lowest BCUT2D eigenvalue weighted by atomic mass is 9.71. The van der Waals surface area contributed by atoms with Crippen molar-refractivity contribution in [3.63, 3.8) is 0 Å². The molecule has 0 spiro atoms. The molecule has 2 fully saturated rings. The van der Waals surface area contributed by atoms with E-state index in [1.807, 2.05) is 6.92 Å². The number of hydrogen-bond acceptors (Lipinski definition) is 3. The van der Waals surface area contributed by atoms with Gasteiger partial charge in [0.05, 0.1) is 11.0 Å². The van der Waals surface area contributed by atoms with Crippen molar-refractivity contribution in [2.24, 2.45) is 5.41 Å². The molecule has 2 aliphatic rings. The first-order chi connectivity index (χ1) is 8.88. The Morgan fingerprint density at radius 2 is 1.95 bits per heavy atom. The number of amides is 1. The largest absolute Gasteiger partial charge is 0.481 e. The van der Waals surface area contributed by atoms with E-state index in [-0.39, 0.29) is 11.9 Å². The fourth-order valence-electron chi connectivity index (χ4n) is 3.23. The number of aliphatic carboxylic acids is 1. The Bertz CT molecular complexity index is 377. The number of carboxylic acid groups (broad SMARTS) is 1. The highest BCUT2D eigenvalue weighted by molar-refractivity contribution is 5.87. The number of rotatable bonds is 3. The molecule has 1 aliphatic heterocycles. The third kappa shape index (κ3) is 2.61. The zero-order chi connectivity index (χ0) is 14.1. The smallest absolute Gasteiger partial charge is 0.311 e. The van der Waals surface area contributed by atoms with Crippen LogP contribution in [0.25, 0.3) is 0 Å². The average Bonchev–Trinajstić information content (AvgIpc) is 2.80. The lowest BCUT2D eigenvalue weighted by molar-refractivity contribution is -0.152. The summed E-state index contributed by atoms with van der Waals surface area (Å²) in [4.78, 5) is 23.9. The van der Waals surface area contributed by atoms with Crippen molar-refractivity contribution >= 4 is 11.9 Å². The van der Waals surface area contributed by atoms with Crippen molar-refractivity contribution in [1.82, 2.24) is 10.6 Å². The highest BCUT2D eigenvalue weighted by atomic mass is 16.4. The molecular weight excluding hydrogens is 244 g/mol. The van der Waals surface area contributed by atoms with Crippen LogP contribution in [0.4, 0.5) is 0 Å². The highest BCUT2D eigenvalue weighted by Gasteiger charge is 2.46. The van der Waals surface area contributed by atoms with Crippen LogP contribution in [0.5, 0.6) is 0 Å². The van der Waals surface area contributed by atoms with Crippen molar-refractivity contribution in [2.45, 2.75) is 64.0 Å². The number of hydrogen-bond donors (Lipinski definition) is 3. The number of nitrogens with one attached hydrogen (secondary N) is 2. The average molecular weight is 268 g/mol. The summed E-state index contributed by atoms with van der Waals surface area (Å²) < 4.78 is 0. The van der Waals surface area contributed by atoms with Gasteiger partial charge in [0.2, 0.25) is 5.91 Å². The Balaban J connectivity index is 2.08. The van der Waals surface area contributed by atoms with Crippen molar-refractivity contribution in [1.29, 1.82) is 0 Å². The van der Waals surface area contributed by atoms with Gasteiger partial charge in [0, 0.05) is 6.04 Å². The summed E-state index contributed by atoms with van der Waals surface area (Å²) >= 11 is 0. The summed E-state index contributed by atoms with van der Waals surface area (Å²) in [5.74, 6) is -0.855. The van der Waals surface area contributed by atoms with Gasteiger partial charge in [0.25, 0.3) is 0 Å². The maximum Gasteiger partial charge on any atom is 0.311 e. The minimum atomic E-state index is -0.830. The van der Waals surface area contributed by atoms with Gasteiger partial charge in [-0.1, -0.05) is 12.8 Å². The first-order valence-corrected chi connectivity index (χ1v) is 7.18. The monoisotopic (exact) mass is 268 g/mol. The first-order valence-electron chi connectivity index (χ1n) is 7.18. The van der Waals surface area contributed by atoms with E-state index >= 15 is 0 Å². The summed E-state index contributed by atoms with van der Waals surface area (Å²) in [6.07, 6.45) is 5.10. The van der Waals surface area contributed by atoms with Crippen LogP contribution >= 0.6 is 0 Å². The Labute approximate surface area is 114 Å². The molecule has 0 aromatic heterocycles. The van der Waals surface area contributed by atoms with Gasteiger partial charge in [0.15, 0.2) is 0 Å². The molecule has 1 heterocycles. The Morgan fingerprint density at radius 3 is 2.53 bits per heavy atom. The van der Waals surface area contributed by atoms with Crippen molar-refractivity contribution in [2.75, 3.05) is 6.54 Å². The van der Waals surface area contributed by atoms with Crippen LogP contribution in [0.3, 0.4) is 0 Å². The summed E-state index contributed by atoms with van der Waals surface area (Å²) in [5, 5.41) is 15.7. The molecule has 19 heavy (non-hydrogen) atoms. The number of carboxylic acids is 1. The van der Waals surface area contributed by atoms with Crippen LogP contribution in [-0.4, -0.2) is 35.1 Å². The lowest BCUT2D eigenvalue weighted by Crippen LogP contribution is -2.59. The molecule has 1 amide bonds. The Morgan fingerprint density at radius 1 is 1.21 bits per heavy atom. The van der Waals surface area contributed by atoms with E-state index in [4.69, 9.17) is 0 Å². The van der Waals surface area contributed by atoms with E-state index in [1.54, 1.807) is 6.92 Å². The molecule has 5 heteroatoms. The van der Waals surface area contributed by atoms with Gasteiger partial charge in [-0.05, 0) is 46.1 Å². The van der Waals surface area contributed by atoms with Gasteiger partial charge >= 0.3 is 5.97 Å². The standard InChI is InChI=1S/C14H24N2O3/c1-13(12(18)19)7-4-3-6-10(13)16-11(17)14(2)8-5-9-15-14/h10,15H,3-9H2,1-2H3,(H,16,17)(H,18,19). The lowest BCUT2D eigenvalue weighted by Gasteiger charge is -2.39. The SMILES string of the molecule is CC1(C(=O)NC2CCCCC2(C)C(=O)O)CCCN1. The molecular formula is C14H24N2O3. The van der Waals surface area contributed by atoms with E-state index in [0.717, 1.165) is 38.6 Å². The van der Waals surface area contributed by atoms with Crippen LogP contribution in [0, 0.1) is 5.41 Å². The predicted molar refractivity (Wildman–Crippen MR) is 71.8 cm³/mol. The number of carbonyl (C=O) groups excluding carboxylic acids is 1. The molecule has 0 radical (unpaired) electrons. The molecule has 3 unspecified atom stereocenters. The molecule has 0 bridgehead atoms. The maximum atomic E-state index is 12.4. The molecule has 0 aromatic rings. The summed E-state index contributed by atoms with van der Waals surface area (Å²) in [5.41, 5.74) is -1.36. The summed E-state index contributed by atoms with van der Waals surface area (Å²) in [7, 11) is 0. The maximum absolute atomic E-state index is 12.4. The van der Waals surface area contributed by atoms with Crippen molar-refractivity contribution in [3.8, 4) is 0 Å². The van der Waals surface area contributed by atoms with E-state index in [9.17, 15) is 14.7 Å². The molecule has 5 nitrogen and oxygen atoms in total. The third-order valence-electron chi connectivity index (χ3n) is 4.87. The van der Waals surface area contributed by atoms with Crippen LogP contribution in [-0.2, 0) is 9.59 Å². The van der Waals surface area contributed by atoms with Gasteiger partial charge in [-0.3, -0.25) is 9.59 Å². The first kappa shape index (κ1) is 14.3. The van der Waals surface area contributed by atoms with E-state index in [2.05, 4.69) is 10.6 Å². The third-order valence-corrected chi connectivity index (χ3v) is 4.87. The Kier molecular flexibility index (Phi) is 3.85. The predicted octanol–water partition coefficient (Wildman–Crippen LogP) is 1.28. The minimum Gasteiger partial charge on any atom is -0.481 e. The van der Waals surface area contributed by atoms with Crippen molar-refractivity contribution in [3.05, 3.63) is 0 Å². The van der Waals surface area contributed by atoms with Gasteiger partial charge in [-0.15, -0.1) is 0 Å². The van der Waals surface area contributed by atoms with E-state index in [1.165, 1.54) is 0 Å². The molecule has 108 valence electrons. The normalized spacial score (nSPS) is 38.9. The fourth-order valence-corrected chi connectivity index (χ4v) is 3.23. The molecule has 3 atom stereocenters. The summed E-state index contributed by atoms with van der Waals surface area (Å²) in [6.45, 7) is 4.50. The fraction of sp³-hybridized carbons (Fsp3) is 0.857. The topological polar surface area (TPSA) is 78.4 Å². The van der Waals surface area contributed by atoms with Crippen LogP contribution in [0.2, 0.25) is 0 Å². The van der Waals surface area contributed by atoms with Crippen LogP contribution in [0.1, 0.15) is 52.4 Å². The molecule has 1 saturated heterocycles. The minimum absolute atomic E-state index is 0.0515. The Hall–Kier alpha value is -1.10. The van der Waals surface area contributed by atoms with Crippen LogP contribution in [0.15, 0.2) is 0 Å². The van der Waals surface area contributed by atoms with Gasteiger partial charge < -0.3 is 15.7 Å². The van der Waals surface area contributed by atoms with Gasteiger partial charge in [0.1, 0.15) is 0 Å². The molecule has 3 N–H and O–H groups in total. The van der Waals surface area contributed by atoms with E-state index < -0.39 is 16.9 Å². The zero-order valence-electron chi connectivity index (χ0n) is 11.8. The highest BCUT2D eigenvalue weighted by Crippen LogP contribution is 2.36. The van der Waals surface area contributed by atoms with Gasteiger partial charge in [-0.25, -0.2) is 0 Å². The molecule has 0 aromatic carbocycles. The molecule has 1 aliphatic carbocycles. The summed E-state index contributed by atoms with van der Waals surface area (Å²) in [6, 6.07) is -0.259. The zero-order valence-corrected chi connectivity index (χ0v) is 11.8. The quantitative estimate of drug-likeness (QED) is 0.720. The second-order valence-electron chi connectivity index (χ2n) is 6.36. The second-order valence-corrected chi connectivity index (χ2v) is 6.36. The molecule has 2 rings (SSSR count). The van der Waals surface area contributed by atoms with E-state index in [0.29, 0.717) is 6.42 Å². The molecule has 1 saturated carbocycles. The van der Waals surface area contributed by atoms with Crippen LogP contribution < -0.4 is 10.6 Å². The van der Waals surface area contributed by atoms with Gasteiger partial charge in [-0.2, -0.15) is 0 Å². The number of carbonyl (C=O) groups is 2.